The highest BCUT2D eigenvalue weighted by Crippen LogP contribution is 2.50. The Morgan fingerprint density at radius 3 is 2.00 bits per heavy atom. The van der Waals surface area contributed by atoms with Crippen LogP contribution >= 0.6 is 0 Å². The van der Waals surface area contributed by atoms with Crippen LogP contribution in [0.2, 0.25) is 0 Å². The summed E-state index contributed by atoms with van der Waals surface area (Å²) < 4.78 is 47.8. The maximum absolute atomic E-state index is 12.7. The quantitative estimate of drug-likeness (QED) is 0.740. The van der Waals surface area contributed by atoms with E-state index in [-0.39, 0.29) is 30.3 Å². The maximum atomic E-state index is 12.7. The molecule has 0 unspecified atom stereocenters. The van der Waals surface area contributed by atoms with Crippen molar-refractivity contribution in [2.45, 2.75) is 37.1 Å². The van der Waals surface area contributed by atoms with Gasteiger partial charge in [0.1, 0.15) is 9.84 Å². The predicted octanol–water partition coefficient (Wildman–Crippen LogP) is 0.938. The summed E-state index contributed by atoms with van der Waals surface area (Å²) in [6.07, 6.45) is 0.305. The van der Waals surface area contributed by atoms with E-state index in [9.17, 15) is 17.2 Å². The topological polar surface area (TPSA) is 60.2 Å². The Morgan fingerprint density at radius 1 is 1.13 bits per heavy atom. The lowest BCUT2D eigenvalue weighted by atomic mass is 9.64. The largest absolute Gasteiger partial charge is 0.324 e. The Hall–Kier alpha value is -0.230. The fourth-order valence-electron chi connectivity index (χ4n) is 2.66. The molecule has 0 spiro atoms. The smallest absolute Gasteiger partial charge is 0.251 e. The Labute approximate surface area is 87.9 Å². The van der Waals surface area contributed by atoms with E-state index in [0.29, 0.717) is 12.8 Å². The first-order valence-electron chi connectivity index (χ1n) is 5.10. The van der Waals surface area contributed by atoms with Gasteiger partial charge in [0.15, 0.2) is 0 Å². The fourth-order valence-corrected chi connectivity index (χ4v) is 4.16. The van der Waals surface area contributed by atoms with Crippen molar-refractivity contribution >= 4 is 9.84 Å². The average molecular weight is 239 g/mol. The summed E-state index contributed by atoms with van der Waals surface area (Å²) in [5.41, 5.74) is 5.05. The zero-order valence-corrected chi connectivity index (χ0v) is 9.19. The van der Waals surface area contributed by atoms with Gasteiger partial charge in [-0.3, -0.25) is 0 Å². The molecule has 0 radical (unpaired) electrons. The van der Waals surface area contributed by atoms with Crippen LogP contribution < -0.4 is 5.73 Å². The predicted molar refractivity (Wildman–Crippen MR) is 52.5 cm³/mol. The molecule has 1 saturated carbocycles. The molecule has 2 N–H and O–H groups in total. The molecule has 2 rings (SSSR count). The molecule has 0 amide bonds. The molecule has 2 aliphatic rings. The van der Waals surface area contributed by atoms with E-state index in [1.165, 1.54) is 0 Å². The van der Waals surface area contributed by atoms with Gasteiger partial charge in [0, 0.05) is 18.4 Å². The summed E-state index contributed by atoms with van der Waals surface area (Å²) in [7, 11) is -2.93. The highest BCUT2D eigenvalue weighted by atomic mass is 32.2. The van der Waals surface area contributed by atoms with E-state index in [1.54, 1.807) is 0 Å². The SMILES string of the molecule is NC1(C2CCS(=O)(=O)CC2)CC(F)(F)C1. The Morgan fingerprint density at radius 2 is 1.60 bits per heavy atom. The van der Waals surface area contributed by atoms with Crippen LogP contribution in [0.25, 0.3) is 0 Å². The van der Waals surface area contributed by atoms with Crippen molar-refractivity contribution in [3.8, 4) is 0 Å². The summed E-state index contributed by atoms with van der Waals surface area (Å²) in [5.74, 6) is -2.49. The average Bonchev–Trinajstić information content (AvgIpc) is 1.99. The Balaban J connectivity index is 1.98. The third kappa shape index (κ3) is 2.15. The molecule has 1 saturated heterocycles. The fraction of sp³-hybridized carbons (Fsp3) is 1.00. The highest BCUT2D eigenvalue weighted by Gasteiger charge is 2.58. The summed E-state index contributed by atoms with van der Waals surface area (Å²) in [6, 6.07) is 0. The third-order valence-corrected chi connectivity index (χ3v) is 5.26. The van der Waals surface area contributed by atoms with E-state index in [1.807, 2.05) is 0 Å². The van der Waals surface area contributed by atoms with Crippen molar-refractivity contribution in [3.63, 3.8) is 0 Å². The first-order valence-corrected chi connectivity index (χ1v) is 6.92. The Kier molecular flexibility index (Phi) is 2.35. The summed E-state index contributed by atoms with van der Waals surface area (Å²) in [4.78, 5) is 0. The molecule has 1 heterocycles. The number of nitrogens with two attached hydrogens (primary N) is 1. The van der Waals surface area contributed by atoms with Gasteiger partial charge in [-0.05, 0) is 18.8 Å². The molecule has 0 bridgehead atoms. The lowest BCUT2D eigenvalue weighted by Crippen LogP contribution is -2.63. The maximum Gasteiger partial charge on any atom is 0.251 e. The third-order valence-electron chi connectivity index (χ3n) is 3.54. The number of halogens is 2. The monoisotopic (exact) mass is 239 g/mol. The number of sulfone groups is 1. The van der Waals surface area contributed by atoms with E-state index in [4.69, 9.17) is 5.73 Å². The van der Waals surface area contributed by atoms with Crippen LogP contribution in [-0.2, 0) is 9.84 Å². The minimum Gasteiger partial charge on any atom is -0.324 e. The van der Waals surface area contributed by atoms with Crippen molar-refractivity contribution < 1.29 is 17.2 Å². The second kappa shape index (κ2) is 3.13. The van der Waals surface area contributed by atoms with Gasteiger partial charge in [-0.25, -0.2) is 17.2 Å². The van der Waals surface area contributed by atoms with E-state index in [0.717, 1.165) is 0 Å². The second-order valence-electron chi connectivity index (χ2n) is 4.87. The molecule has 0 aromatic rings. The van der Waals surface area contributed by atoms with Crippen molar-refractivity contribution in [2.24, 2.45) is 11.7 Å². The number of alkyl halides is 2. The van der Waals surface area contributed by atoms with Gasteiger partial charge >= 0.3 is 0 Å². The van der Waals surface area contributed by atoms with Crippen LogP contribution in [0.15, 0.2) is 0 Å². The summed E-state index contributed by atoms with van der Waals surface area (Å²) >= 11 is 0. The van der Waals surface area contributed by atoms with Crippen LogP contribution in [0.1, 0.15) is 25.7 Å². The molecule has 6 heteroatoms. The molecule has 1 aliphatic heterocycles. The molecule has 3 nitrogen and oxygen atoms in total. The molecular formula is C9H15F2NO2S. The first-order chi connectivity index (χ1) is 6.73. The van der Waals surface area contributed by atoms with Crippen LogP contribution in [-0.4, -0.2) is 31.4 Å². The number of hydrogen-bond acceptors (Lipinski definition) is 3. The van der Waals surface area contributed by atoms with Crippen molar-refractivity contribution in [1.29, 1.82) is 0 Å². The molecule has 0 aromatic carbocycles. The molecule has 15 heavy (non-hydrogen) atoms. The standard InChI is InChI=1S/C9H15F2NO2S/c10-9(11)5-8(12,6-9)7-1-3-15(13,14)4-2-7/h7H,1-6,12H2. The van der Waals surface area contributed by atoms with Gasteiger partial charge in [0.25, 0.3) is 5.92 Å². The van der Waals surface area contributed by atoms with Crippen molar-refractivity contribution in [2.75, 3.05) is 11.5 Å². The number of rotatable bonds is 1. The number of hydrogen-bond donors (Lipinski definition) is 1. The summed E-state index contributed by atoms with van der Waals surface area (Å²) in [6.45, 7) is 0. The molecule has 0 aromatic heterocycles. The molecule has 88 valence electrons. The lowest BCUT2D eigenvalue weighted by Gasteiger charge is -2.50. The molecular weight excluding hydrogens is 224 g/mol. The minimum atomic E-state index is -2.93. The van der Waals surface area contributed by atoms with Crippen molar-refractivity contribution in [1.82, 2.24) is 0 Å². The van der Waals surface area contributed by atoms with Crippen LogP contribution in [0.3, 0.4) is 0 Å². The minimum absolute atomic E-state index is 0.0550. The van der Waals surface area contributed by atoms with Gasteiger partial charge in [-0.1, -0.05) is 0 Å². The highest BCUT2D eigenvalue weighted by molar-refractivity contribution is 7.91. The first kappa shape index (κ1) is 11.3. The van der Waals surface area contributed by atoms with E-state index < -0.39 is 21.3 Å². The van der Waals surface area contributed by atoms with Gasteiger partial charge in [-0.2, -0.15) is 0 Å². The normalized spacial score (nSPS) is 33.3. The van der Waals surface area contributed by atoms with Crippen LogP contribution in [0.5, 0.6) is 0 Å². The van der Waals surface area contributed by atoms with Crippen LogP contribution in [0.4, 0.5) is 8.78 Å². The zero-order chi connectivity index (χ0) is 11.3. The van der Waals surface area contributed by atoms with E-state index in [2.05, 4.69) is 0 Å². The van der Waals surface area contributed by atoms with Gasteiger partial charge < -0.3 is 5.73 Å². The molecule has 0 atom stereocenters. The van der Waals surface area contributed by atoms with Gasteiger partial charge in [0.2, 0.25) is 0 Å². The van der Waals surface area contributed by atoms with E-state index >= 15 is 0 Å². The van der Waals surface area contributed by atoms with Crippen LogP contribution in [0, 0.1) is 5.92 Å². The zero-order valence-electron chi connectivity index (χ0n) is 8.38. The molecule has 2 fully saturated rings. The van der Waals surface area contributed by atoms with Gasteiger partial charge in [-0.15, -0.1) is 0 Å². The Bertz CT molecular complexity index is 344. The molecule has 1 aliphatic carbocycles. The van der Waals surface area contributed by atoms with Gasteiger partial charge in [0.05, 0.1) is 11.5 Å². The van der Waals surface area contributed by atoms with Crippen molar-refractivity contribution in [3.05, 3.63) is 0 Å². The summed E-state index contributed by atoms with van der Waals surface area (Å²) in [5, 5.41) is 0. The lowest BCUT2D eigenvalue weighted by molar-refractivity contribution is -0.140. The second-order valence-corrected chi connectivity index (χ2v) is 7.17.